The van der Waals surface area contributed by atoms with Crippen LogP contribution in [0.3, 0.4) is 0 Å². The van der Waals surface area contributed by atoms with Crippen molar-refractivity contribution in [3.05, 3.63) is 65.5 Å². The lowest BCUT2D eigenvalue weighted by molar-refractivity contribution is 0.417. The van der Waals surface area contributed by atoms with E-state index in [1.165, 1.54) is 11.3 Å². The zero-order valence-corrected chi connectivity index (χ0v) is 15.4. The maximum Gasteiger partial charge on any atom is 0.271 e. The first-order chi connectivity index (χ1) is 12.0. The van der Waals surface area contributed by atoms with Gasteiger partial charge in [-0.25, -0.2) is 8.42 Å². The molecule has 0 amide bonds. The Balaban J connectivity index is 1.74. The summed E-state index contributed by atoms with van der Waals surface area (Å²) in [4.78, 5) is 0.955. The van der Waals surface area contributed by atoms with E-state index >= 15 is 0 Å². The van der Waals surface area contributed by atoms with E-state index in [9.17, 15) is 8.42 Å². The molecule has 0 saturated heterocycles. The molecule has 0 fully saturated rings. The monoisotopic (exact) mass is 374 g/mol. The van der Waals surface area contributed by atoms with Crippen molar-refractivity contribution >= 4 is 38.4 Å². The SMILES string of the molecule is COc1ccccc1Nc1ccc(NS(=O)(=O)c2ccc(C)s2)cc1. The van der Waals surface area contributed by atoms with Crippen molar-refractivity contribution in [3.63, 3.8) is 0 Å². The Bertz CT molecular complexity index is 964. The Labute approximate surface area is 151 Å². The minimum Gasteiger partial charge on any atom is -0.495 e. The summed E-state index contributed by atoms with van der Waals surface area (Å²) in [6.45, 7) is 1.88. The molecule has 0 aliphatic rings. The molecule has 2 aromatic carbocycles. The van der Waals surface area contributed by atoms with Crippen molar-refractivity contribution in [1.29, 1.82) is 0 Å². The normalized spacial score (nSPS) is 11.1. The van der Waals surface area contributed by atoms with Crippen LogP contribution in [0.2, 0.25) is 0 Å². The summed E-state index contributed by atoms with van der Waals surface area (Å²) < 4.78 is 32.9. The summed E-state index contributed by atoms with van der Waals surface area (Å²) in [7, 11) is -1.93. The lowest BCUT2D eigenvalue weighted by atomic mass is 10.2. The minimum absolute atomic E-state index is 0.307. The van der Waals surface area contributed by atoms with Crippen LogP contribution in [-0.4, -0.2) is 15.5 Å². The van der Waals surface area contributed by atoms with E-state index < -0.39 is 10.0 Å². The van der Waals surface area contributed by atoms with Crippen molar-refractivity contribution in [2.24, 2.45) is 0 Å². The van der Waals surface area contributed by atoms with E-state index in [4.69, 9.17) is 4.74 Å². The van der Waals surface area contributed by atoms with Gasteiger partial charge in [-0.1, -0.05) is 12.1 Å². The van der Waals surface area contributed by atoms with Gasteiger partial charge in [0.25, 0.3) is 10.0 Å². The van der Waals surface area contributed by atoms with E-state index in [2.05, 4.69) is 10.0 Å². The van der Waals surface area contributed by atoms with Gasteiger partial charge in [0, 0.05) is 16.3 Å². The highest BCUT2D eigenvalue weighted by molar-refractivity contribution is 7.94. The largest absolute Gasteiger partial charge is 0.495 e. The molecular formula is C18H18N2O3S2. The third-order valence-electron chi connectivity index (χ3n) is 3.50. The third kappa shape index (κ3) is 4.12. The van der Waals surface area contributed by atoms with Crippen molar-refractivity contribution in [2.45, 2.75) is 11.1 Å². The number of sulfonamides is 1. The summed E-state index contributed by atoms with van der Waals surface area (Å²) >= 11 is 1.25. The number of benzene rings is 2. The van der Waals surface area contributed by atoms with Crippen LogP contribution in [-0.2, 0) is 10.0 Å². The second-order valence-corrected chi connectivity index (χ2v) is 8.57. The van der Waals surface area contributed by atoms with Gasteiger partial charge in [-0.2, -0.15) is 0 Å². The van der Waals surface area contributed by atoms with Gasteiger partial charge in [0.05, 0.1) is 12.8 Å². The summed E-state index contributed by atoms with van der Waals surface area (Å²) in [6, 6.07) is 18.0. The standard InChI is InChI=1S/C18H18N2O3S2/c1-13-7-12-18(24-13)25(21,22)20-15-10-8-14(9-11-15)19-16-5-3-4-6-17(16)23-2/h3-12,19-20H,1-2H3. The lowest BCUT2D eigenvalue weighted by Gasteiger charge is -2.12. The second-order valence-electron chi connectivity index (χ2n) is 5.37. The molecule has 130 valence electrons. The second kappa shape index (κ2) is 7.16. The van der Waals surface area contributed by atoms with Crippen LogP contribution in [0.1, 0.15) is 4.88 Å². The molecule has 7 heteroatoms. The molecular weight excluding hydrogens is 356 g/mol. The van der Waals surface area contributed by atoms with Crippen molar-refractivity contribution in [1.82, 2.24) is 0 Å². The van der Waals surface area contributed by atoms with Crippen LogP contribution in [0.4, 0.5) is 17.1 Å². The first-order valence-electron chi connectivity index (χ1n) is 7.57. The molecule has 0 aliphatic heterocycles. The number of anilines is 3. The van der Waals surface area contributed by atoms with Crippen molar-refractivity contribution in [3.8, 4) is 5.75 Å². The summed E-state index contributed by atoms with van der Waals surface area (Å²) in [6.07, 6.45) is 0. The molecule has 0 unspecified atom stereocenters. The van der Waals surface area contributed by atoms with Gasteiger partial charge in [0.15, 0.2) is 0 Å². The van der Waals surface area contributed by atoms with E-state index in [0.717, 1.165) is 22.0 Å². The Kier molecular flexibility index (Phi) is 4.96. The average Bonchev–Trinajstić information content (AvgIpc) is 3.04. The van der Waals surface area contributed by atoms with Gasteiger partial charge in [-0.15, -0.1) is 11.3 Å². The molecule has 0 bridgehead atoms. The highest BCUT2D eigenvalue weighted by Gasteiger charge is 2.16. The van der Waals surface area contributed by atoms with Gasteiger partial charge < -0.3 is 10.1 Å². The van der Waals surface area contributed by atoms with Crippen LogP contribution >= 0.6 is 11.3 Å². The van der Waals surface area contributed by atoms with E-state index in [0.29, 0.717) is 9.90 Å². The van der Waals surface area contributed by atoms with Gasteiger partial charge in [0.2, 0.25) is 0 Å². The Morgan fingerprint density at radius 3 is 2.24 bits per heavy atom. The molecule has 5 nitrogen and oxygen atoms in total. The fraction of sp³-hybridized carbons (Fsp3) is 0.111. The molecule has 1 heterocycles. The fourth-order valence-electron chi connectivity index (χ4n) is 2.29. The van der Waals surface area contributed by atoms with Crippen molar-refractivity contribution < 1.29 is 13.2 Å². The van der Waals surface area contributed by atoms with E-state index in [1.807, 2.05) is 43.3 Å². The number of thiophene rings is 1. The topological polar surface area (TPSA) is 67.4 Å². The van der Waals surface area contributed by atoms with Crippen LogP contribution in [0.5, 0.6) is 5.75 Å². The number of methoxy groups -OCH3 is 1. The number of nitrogens with one attached hydrogen (secondary N) is 2. The maximum absolute atomic E-state index is 12.3. The first kappa shape index (κ1) is 17.3. The van der Waals surface area contributed by atoms with Crippen molar-refractivity contribution in [2.75, 3.05) is 17.1 Å². The number of rotatable bonds is 6. The number of aryl methyl sites for hydroxylation is 1. The smallest absolute Gasteiger partial charge is 0.271 e. The quantitative estimate of drug-likeness (QED) is 0.661. The predicted molar refractivity (Wildman–Crippen MR) is 103 cm³/mol. The van der Waals surface area contributed by atoms with E-state index in [1.54, 1.807) is 31.4 Å². The number of hydrogen-bond donors (Lipinski definition) is 2. The van der Waals surface area contributed by atoms with Gasteiger partial charge in [-0.3, -0.25) is 4.72 Å². The number of hydrogen-bond acceptors (Lipinski definition) is 5. The Hall–Kier alpha value is -2.51. The molecule has 1 aromatic heterocycles. The zero-order chi connectivity index (χ0) is 17.9. The number of para-hydroxylation sites is 2. The summed E-state index contributed by atoms with van der Waals surface area (Å²) in [5.74, 6) is 0.736. The molecule has 0 radical (unpaired) electrons. The summed E-state index contributed by atoms with van der Waals surface area (Å²) in [5.41, 5.74) is 2.18. The third-order valence-corrected chi connectivity index (χ3v) is 6.38. The highest BCUT2D eigenvalue weighted by atomic mass is 32.2. The number of ether oxygens (including phenoxy) is 1. The molecule has 0 saturated carbocycles. The predicted octanol–water partition coefficient (Wildman–Crippen LogP) is 4.61. The van der Waals surface area contributed by atoms with E-state index in [-0.39, 0.29) is 0 Å². The Morgan fingerprint density at radius 2 is 1.60 bits per heavy atom. The molecule has 3 rings (SSSR count). The minimum atomic E-state index is -3.55. The molecule has 0 atom stereocenters. The maximum atomic E-state index is 12.3. The average molecular weight is 374 g/mol. The molecule has 0 aliphatic carbocycles. The van der Waals surface area contributed by atoms with Gasteiger partial charge in [0.1, 0.15) is 9.96 Å². The van der Waals surface area contributed by atoms with Crippen LogP contribution in [0, 0.1) is 6.92 Å². The molecule has 3 aromatic rings. The molecule has 2 N–H and O–H groups in total. The van der Waals surface area contributed by atoms with Crippen LogP contribution in [0.25, 0.3) is 0 Å². The van der Waals surface area contributed by atoms with Gasteiger partial charge in [-0.05, 0) is 55.5 Å². The van der Waals surface area contributed by atoms with Gasteiger partial charge >= 0.3 is 0 Å². The van der Waals surface area contributed by atoms with Crippen LogP contribution < -0.4 is 14.8 Å². The molecule has 0 spiro atoms. The fourth-order valence-corrected chi connectivity index (χ4v) is 4.63. The van der Waals surface area contributed by atoms with Crippen LogP contribution in [0.15, 0.2) is 64.9 Å². The zero-order valence-electron chi connectivity index (χ0n) is 13.8. The lowest BCUT2D eigenvalue weighted by Crippen LogP contribution is -2.11. The molecule has 25 heavy (non-hydrogen) atoms. The first-order valence-corrected chi connectivity index (χ1v) is 9.87. The highest BCUT2D eigenvalue weighted by Crippen LogP contribution is 2.28. The summed E-state index contributed by atoms with van der Waals surface area (Å²) in [5, 5.41) is 3.25. The Morgan fingerprint density at radius 1 is 0.920 bits per heavy atom.